The second-order valence-corrected chi connectivity index (χ2v) is 2.90. The van der Waals surface area contributed by atoms with Gasteiger partial charge in [-0.15, -0.1) is 0 Å². The van der Waals surface area contributed by atoms with Crippen molar-refractivity contribution in [2.75, 3.05) is 6.54 Å². The smallest absolute Gasteiger partial charge is 0.0922 e. The van der Waals surface area contributed by atoms with Crippen LogP contribution < -0.4 is 5.73 Å². The van der Waals surface area contributed by atoms with Crippen molar-refractivity contribution in [1.82, 2.24) is 0 Å². The van der Waals surface area contributed by atoms with Crippen LogP contribution in [0.5, 0.6) is 0 Å². The van der Waals surface area contributed by atoms with Gasteiger partial charge in [-0.1, -0.05) is 19.1 Å². The summed E-state index contributed by atoms with van der Waals surface area (Å²) in [5.41, 5.74) is 5.03. The Hall–Kier alpha value is -0.830. The third kappa shape index (κ3) is 61.5. The van der Waals surface area contributed by atoms with E-state index in [9.17, 15) is 4.39 Å². The minimum Gasteiger partial charge on any atom is -0.499 e. The van der Waals surface area contributed by atoms with E-state index in [1.165, 1.54) is 6.08 Å². The third-order valence-electron chi connectivity index (χ3n) is 0.901. The minimum absolute atomic E-state index is 0.316. The second kappa shape index (κ2) is 23.2. The molecule has 0 unspecified atom stereocenters. The van der Waals surface area contributed by atoms with Crippen LogP contribution in [0.3, 0.4) is 0 Å². The molecule has 92 valence electrons. The van der Waals surface area contributed by atoms with Crippen molar-refractivity contribution >= 4 is 0 Å². The van der Waals surface area contributed by atoms with E-state index in [2.05, 4.69) is 6.92 Å². The predicted octanol–water partition coefficient (Wildman–Crippen LogP) is 3.79. The van der Waals surface area contributed by atoms with E-state index in [0.29, 0.717) is 12.4 Å². The normalized spacial score (nSPS) is 9.60. The quantitative estimate of drug-likeness (QED) is 0.733. The first kappa shape index (κ1) is 19.7. The van der Waals surface area contributed by atoms with Crippen molar-refractivity contribution in [3.8, 4) is 0 Å². The minimum atomic E-state index is 0.316. The van der Waals surface area contributed by atoms with Crippen molar-refractivity contribution in [3.63, 3.8) is 0 Å². The monoisotopic (exact) mass is 219 g/mol. The molecule has 0 spiro atoms. The summed E-state index contributed by atoms with van der Waals surface area (Å²) >= 11 is 0. The first-order valence-corrected chi connectivity index (χ1v) is 5.28. The molecule has 0 fully saturated rings. The van der Waals surface area contributed by atoms with E-state index in [0.717, 1.165) is 13.0 Å². The maximum Gasteiger partial charge on any atom is 0.0922 e. The van der Waals surface area contributed by atoms with E-state index >= 15 is 0 Å². The maximum absolute atomic E-state index is 10.5. The molecule has 0 aliphatic rings. The molecule has 0 saturated heterocycles. The fourth-order valence-corrected chi connectivity index (χ4v) is 0.236. The van der Waals surface area contributed by atoms with E-state index in [1.807, 2.05) is 26.8 Å². The van der Waals surface area contributed by atoms with Gasteiger partial charge in [0.05, 0.1) is 18.7 Å². The fraction of sp³-hybridized carbons (Fsp3) is 0.667. The van der Waals surface area contributed by atoms with Gasteiger partial charge in [0.1, 0.15) is 0 Å². The van der Waals surface area contributed by atoms with Crippen LogP contribution in [0.1, 0.15) is 41.0 Å². The largest absolute Gasteiger partial charge is 0.499 e. The molecule has 0 aliphatic carbocycles. The van der Waals surface area contributed by atoms with Gasteiger partial charge in [-0.25, -0.2) is 4.39 Å². The zero-order valence-electron chi connectivity index (χ0n) is 10.7. The molecule has 0 aromatic carbocycles. The SMILES string of the molecule is C/C=C/F.C/C=C/OC(C)C.CCCN. The van der Waals surface area contributed by atoms with Gasteiger partial charge in [0.2, 0.25) is 0 Å². The first-order chi connectivity index (χ1) is 7.10. The van der Waals surface area contributed by atoms with Crippen LogP contribution in [0.4, 0.5) is 4.39 Å². The molecule has 2 nitrogen and oxygen atoms in total. The van der Waals surface area contributed by atoms with E-state index in [1.54, 1.807) is 13.2 Å². The molecule has 0 aromatic rings. The molecule has 0 amide bonds. The summed E-state index contributed by atoms with van der Waals surface area (Å²) in [6.45, 7) is 10.4. The summed E-state index contributed by atoms with van der Waals surface area (Å²) in [7, 11) is 0. The first-order valence-electron chi connectivity index (χ1n) is 5.28. The molecule has 3 heteroatoms. The molecular weight excluding hydrogens is 193 g/mol. The highest BCUT2D eigenvalue weighted by Crippen LogP contribution is 1.86. The van der Waals surface area contributed by atoms with Crippen molar-refractivity contribution in [1.29, 1.82) is 0 Å². The lowest BCUT2D eigenvalue weighted by molar-refractivity contribution is 0.179. The Balaban J connectivity index is -0.000000155. The van der Waals surface area contributed by atoms with Gasteiger partial charge in [0.25, 0.3) is 0 Å². The standard InChI is InChI=1S/C6H12O.C3H5F.C3H9N/c1-4-5-7-6(2)3;2*1-2-3-4/h4-6H,1-3H3;2-3H,1H3;2-4H2,1H3/b5-4+;3-2+;. The zero-order valence-corrected chi connectivity index (χ0v) is 10.7. The topological polar surface area (TPSA) is 35.2 Å². The lowest BCUT2D eigenvalue weighted by atomic mass is 10.5. The van der Waals surface area contributed by atoms with Crippen LogP contribution in [0.25, 0.3) is 0 Å². The summed E-state index contributed by atoms with van der Waals surface area (Å²) in [5, 5.41) is 0. The van der Waals surface area contributed by atoms with Gasteiger partial charge in [-0.3, -0.25) is 0 Å². The van der Waals surface area contributed by atoms with E-state index < -0.39 is 0 Å². The molecule has 0 aromatic heterocycles. The number of ether oxygens (including phenoxy) is 1. The molecular formula is C12H26FNO. The average molecular weight is 219 g/mol. The van der Waals surface area contributed by atoms with E-state index in [4.69, 9.17) is 10.5 Å². The average Bonchev–Trinajstić information content (AvgIpc) is 2.27. The van der Waals surface area contributed by atoms with Crippen LogP contribution in [0.15, 0.2) is 24.7 Å². The third-order valence-corrected chi connectivity index (χ3v) is 0.901. The van der Waals surface area contributed by atoms with Crippen molar-refractivity contribution in [3.05, 3.63) is 24.7 Å². The van der Waals surface area contributed by atoms with Gasteiger partial charge >= 0.3 is 0 Å². The van der Waals surface area contributed by atoms with Crippen LogP contribution in [-0.2, 0) is 4.74 Å². The summed E-state index contributed by atoms with van der Waals surface area (Å²) in [4.78, 5) is 0. The molecule has 15 heavy (non-hydrogen) atoms. The zero-order chi connectivity index (χ0) is 12.5. The molecule has 0 rings (SSSR count). The highest BCUT2D eigenvalue weighted by atomic mass is 19.1. The maximum atomic E-state index is 10.5. The van der Waals surface area contributed by atoms with Gasteiger partial charge in [0.15, 0.2) is 0 Å². The number of rotatable bonds is 3. The molecule has 0 bridgehead atoms. The Morgan fingerprint density at radius 1 is 1.27 bits per heavy atom. The van der Waals surface area contributed by atoms with Crippen LogP contribution in [0.2, 0.25) is 0 Å². The van der Waals surface area contributed by atoms with Gasteiger partial charge in [-0.05, 0) is 40.7 Å². The van der Waals surface area contributed by atoms with Crippen molar-refractivity contribution in [2.45, 2.75) is 47.1 Å². The second-order valence-electron chi connectivity index (χ2n) is 2.90. The number of allylic oxidation sites excluding steroid dienone is 2. The highest BCUT2D eigenvalue weighted by Gasteiger charge is 1.82. The van der Waals surface area contributed by atoms with Crippen molar-refractivity contribution < 1.29 is 9.13 Å². The lowest BCUT2D eigenvalue weighted by Gasteiger charge is -2.00. The Labute approximate surface area is 94.0 Å². The summed E-state index contributed by atoms with van der Waals surface area (Å²) in [5.74, 6) is 0. The number of nitrogens with two attached hydrogens (primary N) is 1. The van der Waals surface area contributed by atoms with Gasteiger partial charge < -0.3 is 10.5 Å². The van der Waals surface area contributed by atoms with Crippen molar-refractivity contribution in [2.24, 2.45) is 5.73 Å². The Morgan fingerprint density at radius 2 is 1.67 bits per heavy atom. The van der Waals surface area contributed by atoms with Gasteiger partial charge in [-0.2, -0.15) is 0 Å². The van der Waals surface area contributed by atoms with E-state index in [-0.39, 0.29) is 0 Å². The highest BCUT2D eigenvalue weighted by molar-refractivity contribution is 4.65. The summed E-state index contributed by atoms with van der Waals surface area (Å²) in [6.07, 6.45) is 6.82. The molecule has 0 atom stereocenters. The number of halogens is 1. The number of hydrogen-bond acceptors (Lipinski definition) is 2. The summed E-state index contributed by atoms with van der Waals surface area (Å²) in [6, 6.07) is 0. The fourth-order valence-electron chi connectivity index (χ4n) is 0.236. The van der Waals surface area contributed by atoms with Crippen LogP contribution in [-0.4, -0.2) is 12.6 Å². The molecule has 0 radical (unpaired) electrons. The molecule has 0 heterocycles. The molecule has 2 N–H and O–H groups in total. The van der Waals surface area contributed by atoms with Crippen LogP contribution in [0, 0.1) is 0 Å². The Kier molecular flexibility index (Phi) is 30.5. The lowest BCUT2D eigenvalue weighted by Crippen LogP contribution is -1.93. The molecule has 0 saturated carbocycles. The Bertz CT molecular complexity index is 128. The van der Waals surface area contributed by atoms with Gasteiger partial charge in [0, 0.05) is 0 Å². The number of hydrogen-bond donors (Lipinski definition) is 1. The molecule has 0 aliphatic heterocycles. The summed E-state index contributed by atoms with van der Waals surface area (Å²) < 4.78 is 15.6. The Morgan fingerprint density at radius 3 is 1.73 bits per heavy atom. The predicted molar refractivity (Wildman–Crippen MR) is 66.3 cm³/mol. The van der Waals surface area contributed by atoms with Crippen LogP contribution >= 0.6 is 0 Å².